The second-order valence-electron chi connectivity index (χ2n) is 7.11. The van der Waals surface area contributed by atoms with Crippen molar-refractivity contribution in [2.75, 3.05) is 20.6 Å². The molecule has 1 N–H and O–H groups in total. The quantitative estimate of drug-likeness (QED) is 0.611. The third-order valence-corrected chi connectivity index (χ3v) is 4.63. The van der Waals surface area contributed by atoms with E-state index in [1.165, 1.54) is 0 Å². The van der Waals surface area contributed by atoms with Crippen molar-refractivity contribution in [3.63, 3.8) is 0 Å². The van der Waals surface area contributed by atoms with Gasteiger partial charge in [0.2, 0.25) is 0 Å². The molecule has 0 fully saturated rings. The third-order valence-electron chi connectivity index (χ3n) is 4.63. The van der Waals surface area contributed by atoms with Crippen LogP contribution in [0.1, 0.15) is 35.6 Å². The van der Waals surface area contributed by atoms with E-state index in [2.05, 4.69) is 29.2 Å². The van der Waals surface area contributed by atoms with E-state index in [-0.39, 0.29) is 6.04 Å². The van der Waals surface area contributed by atoms with Crippen molar-refractivity contribution >= 4 is 11.7 Å². The number of benzene rings is 1. The molecule has 1 aromatic heterocycles. The molecule has 1 heterocycles. The molecule has 0 spiro atoms. The fourth-order valence-electron chi connectivity index (χ4n) is 3.20. The molecule has 6 nitrogen and oxygen atoms in total. The van der Waals surface area contributed by atoms with Crippen LogP contribution in [0.2, 0.25) is 0 Å². The second kappa shape index (κ2) is 8.27. The molecule has 0 radical (unpaired) electrons. The van der Waals surface area contributed by atoms with E-state index in [4.69, 9.17) is 0 Å². The molecule has 140 valence electrons. The van der Waals surface area contributed by atoms with Crippen LogP contribution in [0, 0.1) is 19.8 Å². The van der Waals surface area contributed by atoms with Crippen molar-refractivity contribution in [1.29, 1.82) is 0 Å². The Kier molecular flexibility index (Phi) is 6.32. The lowest BCUT2D eigenvalue weighted by molar-refractivity contribution is -0.117. The minimum Gasteiger partial charge on any atom is -0.348 e. The van der Waals surface area contributed by atoms with Crippen LogP contribution >= 0.6 is 0 Å². The Morgan fingerprint density at radius 3 is 2.31 bits per heavy atom. The van der Waals surface area contributed by atoms with Gasteiger partial charge in [0, 0.05) is 12.6 Å². The summed E-state index contributed by atoms with van der Waals surface area (Å²) in [6.07, 6.45) is 0. The van der Waals surface area contributed by atoms with Gasteiger partial charge in [-0.15, -0.1) is 0 Å². The number of rotatable bonds is 7. The summed E-state index contributed by atoms with van der Waals surface area (Å²) >= 11 is 0. The summed E-state index contributed by atoms with van der Waals surface area (Å²) in [5, 5.41) is 7.22. The summed E-state index contributed by atoms with van der Waals surface area (Å²) in [6.45, 7) is 8.18. The molecule has 1 atom stereocenters. The molecule has 26 heavy (non-hydrogen) atoms. The fourth-order valence-corrected chi connectivity index (χ4v) is 3.20. The smallest absolute Gasteiger partial charge is 0.292 e. The van der Waals surface area contributed by atoms with E-state index in [0.717, 1.165) is 5.69 Å². The van der Waals surface area contributed by atoms with Crippen LogP contribution in [0.4, 0.5) is 0 Å². The van der Waals surface area contributed by atoms with E-state index in [1.54, 1.807) is 11.6 Å². The van der Waals surface area contributed by atoms with Gasteiger partial charge in [0.25, 0.3) is 11.7 Å². The molecular weight excluding hydrogens is 328 g/mol. The Morgan fingerprint density at radius 2 is 1.77 bits per heavy atom. The van der Waals surface area contributed by atoms with Gasteiger partial charge in [-0.05, 0) is 46.0 Å². The molecule has 0 saturated heterocycles. The van der Waals surface area contributed by atoms with Gasteiger partial charge in [-0.2, -0.15) is 5.10 Å². The number of aryl methyl sites for hydroxylation is 1. The van der Waals surface area contributed by atoms with Gasteiger partial charge in [0.1, 0.15) is 0 Å². The van der Waals surface area contributed by atoms with Gasteiger partial charge >= 0.3 is 0 Å². The van der Waals surface area contributed by atoms with E-state index in [1.807, 2.05) is 51.4 Å². The Hall–Kier alpha value is -2.47. The van der Waals surface area contributed by atoms with Gasteiger partial charge in [-0.25, -0.2) is 4.68 Å². The SMILES string of the molecule is Cc1nn(-c2ccccc2)c(C)c1C(=O)C(=O)NCC(C(C)C)N(C)C. The summed E-state index contributed by atoms with van der Waals surface area (Å²) < 4.78 is 1.70. The van der Waals surface area contributed by atoms with Gasteiger partial charge in [0.05, 0.1) is 22.6 Å². The summed E-state index contributed by atoms with van der Waals surface area (Å²) in [7, 11) is 3.94. The Morgan fingerprint density at radius 1 is 1.15 bits per heavy atom. The first-order chi connectivity index (χ1) is 12.2. The average Bonchev–Trinajstić information content (AvgIpc) is 2.89. The molecule has 1 aromatic carbocycles. The largest absolute Gasteiger partial charge is 0.348 e. The van der Waals surface area contributed by atoms with E-state index in [0.29, 0.717) is 29.4 Å². The number of Topliss-reactive ketones (excluding diaryl/α,β-unsaturated/α-hetero) is 1. The van der Waals surface area contributed by atoms with Crippen molar-refractivity contribution < 1.29 is 9.59 Å². The molecule has 0 saturated carbocycles. The molecule has 6 heteroatoms. The summed E-state index contributed by atoms with van der Waals surface area (Å²) in [6, 6.07) is 9.74. The third kappa shape index (κ3) is 4.19. The average molecular weight is 356 g/mol. The van der Waals surface area contributed by atoms with Crippen LogP contribution in [0.25, 0.3) is 5.69 Å². The van der Waals surface area contributed by atoms with Crippen LogP contribution in [0.15, 0.2) is 30.3 Å². The van der Waals surface area contributed by atoms with Gasteiger partial charge in [-0.1, -0.05) is 32.0 Å². The fraction of sp³-hybridized carbons (Fsp3) is 0.450. The van der Waals surface area contributed by atoms with Crippen molar-refractivity contribution in [3.05, 3.63) is 47.3 Å². The number of ketones is 1. The number of carbonyl (C=O) groups excluding carboxylic acids is 2. The highest BCUT2D eigenvalue weighted by Gasteiger charge is 2.26. The first-order valence-electron chi connectivity index (χ1n) is 8.84. The lowest BCUT2D eigenvalue weighted by Crippen LogP contribution is -2.45. The van der Waals surface area contributed by atoms with Crippen LogP contribution in [0.3, 0.4) is 0 Å². The number of amides is 1. The van der Waals surface area contributed by atoms with Gasteiger partial charge < -0.3 is 10.2 Å². The number of likely N-dealkylation sites (N-methyl/N-ethyl adjacent to an activating group) is 1. The van der Waals surface area contributed by atoms with Crippen molar-refractivity contribution in [2.45, 2.75) is 33.7 Å². The highest BCUT2D eigenvalue weighted by molar-refractivity contribution is 6.43. The zero-order valence-electron chi connectivity index (χ0n) is 16.4. The Balaban J connectivity index is 2.19. The minimum absolute atomic E-state index is 0.168. The number of aromatic nitrogens is 2. The zero-order valence-corrected chi connectivity index (χ0v) is 16.4. The first kappa shape index (κ1) is 19.8. The van der Waals surface area contributed by atoms with E-state index in [9.17, 15) is 9.59 Å². The van der Waals surface area contributed by atoms with Crippen molar-refractivity contribution in [2.24, 2.45) is 5.92 Å². The molecule has 1 amide bonds. The molecule has 0 aliphatic rings. The maximum atomic E-state index is 12.7. The van der Waals surface area contributed by atoms with Gasteiger partial charge in [0.15, 0.2) is 0 Å². The molecule has 2 rings (SSSR count). The number of nitrogens with zero attached hydrogens (tertiary/aromatic N) is 3. The first-order valence-corrected chi connectivity index (χ1v) is 8.84. The predicted octanol–water partition coefficient (Wildman–Crippen LogP) is 2.37. The van der Waals surface area contributed by atoms with E-state index < -0.39 is 11.7 Å². The lowest BCUT2D eigenvalue weighted by Gasteiger charge is -2.27. The number of nitrogens with one attached hydrogen (secondary N) is 1. The normalized spacial score (nSPS) is 12.5. The minimum atomic E-state index is -0.587. The topological polar surface area (TPSA) is 67.2 Å². The van der Waals surface area contributed by atoms with Crippen LogP contribution in [0.5, 0.6) is 0 Å². The molecule has 0 aliphatic carbocycles. The Labute approximate surface area is 155 Å². The molecule has 0 aliphatic heterocycles. The highest BCUT2D eigenvalue weighted by Crippen LogP contribution is 2.18. The van der Waals surface area contributed by atoms with Crippen molar-refractivity contribution in [3.8, 4) is 5.69 Å². The Bertz CT molecular complexity index is 771. The molecular formula is C20H28N4O2. The van der Waals surface area contributed by atoms with E-state index >= 15 is 0 Å². The van der Waals surface area contributed by atoms with Gasteiger partial charge in [-0.3, -0.25) is 9.59 Å². The second-order valence-corrected chi connectivity index (χ2v) is 7.11. The summed E-state index contributed by atoms with van der Waals surface area (Å²) in [5.41, 5.74) is 2.46. The highest BCUT2D eigenvalue weighted by atomic mass is 16.2. The molecule has 1 unspecified atom stereocenters. The summed E-state index contributed by atoms with van der Waals surface area (Å²) in [4.78, 5) is 27.2. The summed E-state index contributed by atoms with van der Waals surface area (Å²) in [5.74, 6) is -0.760. The van der Waals surface area contributed by atoms with Crippen LogP contribution < -0.4 is 5.32 Å². The molecule has 0 bridgehead atoms. The lowest BCUT2D eigenvalue weighted by atomic mass is 10.0. The van der Waals surface area contributed by atoms with Crippen LogP contribution in [-0.2, 0) is 4.79 Å². The van der Waals surface area contributed by atoms with Crippen molar-refractivity contribution in [1.82, 2.24) is 20.0 Å². The maximum Gasteiger partial charge on any atom is 0.292 e. The number of para-hydroxylation sites is 1. The number of carbonyl (C=O) groups is 2. The predicted molar refractivity (Wildman–Crippen MR) is 103 cm³/mol. The maximum absolute atomic E-state index is 12.7. The monoisotopic (exact) mass is 356 g/mol. The number of hydrogen-bond acceptors (Lipinski definition) is 4. The standard InChI is InChI=1S/C20H28N4O2/c1-13(2)17(23(5)6)12-21-20(26)19(25)18-14(3)22-24(15(18)4)16-10-8-7-9-11-16/h7-11,13,17H,12H2,1-6H3,(H,21,26). The van der Waals surface area contributed by atoms with Crippen LogP contribution in [-0.4, -0.2) is 53.1 Å². The zero-order chi connectivity index (χ0) is 19.4. The molecule has 2 aromatic rings. The number of hydrogen-bond donors (Lipinski definition) is 1.